The van der Waals surface area contributed by atoms with Gasteiger partial charge in [-0.25, -0.2) is 4.68 Å². The number of aryl methyl sites for hydroxylation is 1. The van der Waals surface area contributed by atoms with E-state index in [0.29, 0.717) is 11.4 Å². The van der Waals surface area contributed by atoms with Crippen LogP contribution in [0.4, 0.5) is 5.82 Å². The predicted octanol–water partition coefficient (Wildman–Crippen LogP) is 6.00. The van der Waals surface area contributed by atoms with Gasteiger partial charge in [0.05, 0.1) is 11.4 Å². The lowest BCUT2D eigenvalue weighted by Crippen LogP contribution is -2.42. The Bertz CT molecular complexity index is 1130. The maximum absolute atomic E-state index is 13.3. The lowest BCUT2D eigenvalue weighted by Gasteiger charge is -2.26. The van der Waals surface area contributed by atoms with E-state index in [1.165, 1.54) is 5.56 Å². The van der Waals surface area contributed by atoms with Gasteiger partial charge in [0.15, 0.2) is 0 Å². The van der Waals surface area contributed by atoms with Crippen LogP contribution in [0.25, 0.3) is 5.69 Å². The van der Waals surface area contributed by atoms with Crippen LogP contribution in [-0.4, -0.2) is 39.1 Å². The van der Waals surface area contributed by atoms with E-state index in [1.807, 2.05) is 74.5 Å². The van der Waals surface area contributed by atoms with Crippen LogP contribution in [0.5, 0.6) is 0 Å². The van der Waals surface area contributed by atoms with Gasteiger partial charge < -0.3 is 10.2 Å². The average molecular weight is 475 g/mol. The molecule has 0 aliphatic rings. The maximum Gasteiger partial charge on any atom is 0.254 e. The molecular weight excluding hydrogens is 436 g/mol. The van der Waals surface area contributed by atoms with Crippen molar-refractivity contribution in [3.8, 4) is 5.69 Å². The number of amides is 2. The number of hydrogen-bond donors (Lipinski definition) is 1. The summed E-state index contributed by atoms with van der Waals surface area (Å²) in [6, 6.07) is 19.2. The summed E-state index contributed by atoms with van der Waals surface area (Å²) < 4.78 is 1.75. The van der Waals surface area contributed by atoms with Gasteiger partial charge in [-0.2, -0.15) is 5.10 Å². The first-order valence-corrected chi connectivity index (χ1v) is 12.5. The Balaban J connectivity index is 1.79. The number of rotatable bonds is 9. The van der Waals surface area contributed by atoms with Gasteiger partial charge in [-0.1, -0.05) is 64.4 Å². The highest BCUT2D eigenvalue weighted by molar-refractivity contribution is 5.99. The maximum atomic E-state index is 13.3. The number of anilines is 1. The molecule has 6 heteroatoms. The monoisotopic (exact) mass is 474 g/mol. The summed E-state index contributed by atoms with van der Waals surface area (Å²) in [6.45, 7) is 12.2. The van der Waals surface area contributed by atoms with Crippen LogP contribution >= 0.6 is 0 Å². The molecule has 0 saturated carbocycles. The van der Waals surface area contributed by atoms with Gasteiger partial charge in [0.25, 0.3) is 5.91 Å². The Morgan fingerprint density at radius 3 is 2.26 bits per heavy atom. The molecule has 0 bridgehead atoms. The van der Waals surface area contributed by atoms with E-state index in [-0.39, 0.29) is 29.8 Å². The van der Waals surface area contributed by atoms with Crippen LogP contribution in [0.3, 0.4) is 0 Å². The van der Waals surface area contributed by atoms with E-state index in [9.17, 15) is 9.59 Å². The minimum absolute atomic E-state index is 0.0428. The van der Waals surface area contributed by atoms with E-state index in [2.05, 4.69) is 33.0 Å². The van der Waals surface area contributed by atoms with Crippen molar-refractivity contribution in [2.75, 3.05) is 11.9 Å². The molecule has 0 saturated heterocycles. The minimum Gasteiger partial charge on any atom is -0.327 e. The van der Waals surface area contributed by atoms with Gasteiger partial charge >= 0.3 is 0 Å². The number of hydrogen-bond acceptors (Lipinski definition) is 3. The Kier molecular flexibility index (Phi) is 8.49. The summed E-state index contributed by atoms with van der Waals surface area (Å²) in [4.78, 5) is 28.0. The van der Waals surface area contributed by atoms with E-state index < -0.39 is 0 Å². The molecule has 6 nitrogen and oxygen atoms in total. The van der Waals surface area contributed by atoms with Crippen molar-refractivity contribution in [2.45, 2.75) is 72.3 Å². The highest BCUT2D eigenvalue weighted by Gasteiger charge is 2.24. The molecule has 0 aliphatic heterocycles. The lowest BCUT2D eigenvalue weighted by molar-refractivity contribution is -0.117. The van der Waals surface area contributed by atoms with Crippen molar-refractivity contribution < 1.29 is 9.59 Å². The van der Waals surface area contributed by atoms with Crippen LogP contribution in [0.1, 0.15) is 76.0 Å². The van der Waals surface area contributed by atoms with Crippen LogP contribution < -0.4 is 5.32 Å². The van der Waals surface area contributed by atoms with E-state index >= 15 is 0 Å². The molecular formula is C29H38N4O2. The number of carbonyl (C=O) groups excluding carboxylic acids is 2. The van der Waals surface area contributed by atoms with E-state index in [0.717, 1.165) is 30.6 Å². The molecule has 1 aromatic heterocycles. The molecule has 0 radical (unpaired) electrons. The molecule has 0 unspecified atom stereocenters. The first-order chi connectivity index (χ1) is 16.6. The van der Waals surface area contributed by atoms with Gasteiger partial charge in [0.2, 0.25) is 5.91 Å². The number of aromatic nitrogens is 2. The summed E-state index contributed by atoms with van der Waals surface area (Å²) >= 11 is 0. The fraction of sp³-hybridized carbons (Fsp3) is 0.414. The van der Waals surface area contributed by atoms with Gasteiger partial charge in [-0.05, 0) is 56.5 Å². The Hall–Kier alpha value is -3.41. The molecule has 0 fully saturated rings. The summed E-state index contributed by atoms with van der Waals surface area (Å²) in [7, 11) is 0. The van der Waals surface area contributed by atoms with Crippen molar-refractivity contribution in [1.29, 1.82) is 0 Å². The predicted molar refractivity (Wildman–Crippen MR) is 142 cm³/mol. The molecule has 0 atom stereocenters. The minimum atomic E-state index is -0.260. The van der Waals surface area contributed by atoms with Gasteiger partial charge in [0, 0.05) is 23.1 Å². The average Bonchev–Trinajstić information content (AvgIpc) is 3.26. The number of nitrogens with one attached hydrogen (secondary N) is 1. The van der Waals surface area contributed by atoms with Gasteiger partial charge in [-0.3, -0.25) is 9.59 Å². The molecule has 0 aliphatic carbocycles. The number of para-hydroxylation sites is 1. The highest BCUT2D eigenvalue weighted by atomic mass is 16.2. The second-order valence-electron chi connectivity index (χ2n) is 10.3. The Morgan fingerprint density at radius 2 is 1.69 bits per heavy atom. The second kappa shape index (κ2) is 11.3. The normalized spacial score (nSPS) is 11.5. The third-order valence-electron chi connectivity index (χ3n) is 5.96. The van der Waals surface area contributed by atoms with Crippen LogP contribution in [0.15, 0.2) is 60.7 Å². The van der Waals surface area contributed by atoms with Crippen molar-refractivity contribution in [1.82, 2.24) is 14.7 Å². The van der Waals surface area contributed by atoms with Crippen LogP contribution in [0, 0.1) is 0 Å². The standard InChI is InChI=1S/C29H38N4O2/c1-7-8-12-22-15-17-23(18-16-22)28(35)32(21(2)3)20-27(34)30-26-19-25(29(4,5)6)31-33(26)24-13-10-9-11-14-24/h9-11,13-19,21H,7-8,12,20H2,1-6H3,(H,30,34). The van der Waals surface area contributed by atoms with E-state index in [1.54, 1.807) is 9.58 Å². The smallest absolute Gasteiger partial charge is 0.254 e. The second-order valence-corrected chi connectivity index (χ2v) is 10.3. The third-order valence-corrected chi connectivity index (χ3v) is 5.96. The number of benzene rings is 2. The quantitative estimate of drug-likeness (QED) is 0.413. The van der Waals surface area contributed by atoms with Gasteiger partial charge in [0.1, 0.15) is 12.4 Å². The SMILES string of the molecule is CCCCc1ccc(C(=O)N(CC(=O)Nc2cc(C(C)(C)C)nn2-c2ccccc2)C(C)C)cc1. The van der Waals surface area contributed by atoms with E-state index in [4.69, 9.17) is 5.10 Å². The number of carbonyl (C=O) groups is 2. The summed E-state index contributed by atoms with van der Waals surface area (Å²) in [5, 5.41) is 7.75. The van der Waals surface area contributed by atoms with Crippen molar-refractivity contribution in [3.05, 3.63) is 77.5 Å². The highest BCUT2D eigenvalue weighted by Crippen LogP contribution is 2.26. The fourth-order valence-electron chi connectivity index (χ4n) is 3.79. The van der Waals surface area contributed by atoms with Crippen molar-refractivity contribution >= 4 is 17.6 Å². The molecule has 35 heavy (non-hydrogen) atoms. The lowest BCUT2D eigenvalue weighted by atomic mass is 9.92. The van der Waals surface area contributed by atoms with Crippen LogP contribution in [0.2, 0.25) is 0 Å². The Labute approximate surface area is 209 Å². The fourth-order valence-corrected chi connectivity index (χ4v) is 3.79. The zero-order chi connectivity index (χ0) is 25.6. The van der Waals surface area contributed by atoms with Gasteiger partial charge in [-0.15, -0.1) is 0 Å². The third kappa shape index (κ3) is 6.81. The molecule has 1 heterocycles. The molecule has 2 aromatic carbocycles. The molecule has 3 aromatic rings. The van der Waals surface area contributed by atoms with Crippen molar-refractivity contribution in [2.24, 2.45) is 0 Å². The Morgan fingerprint density at radius 1 is 1.03 bits per heavy atom. The summed E-state index contributed by atoms with van der Waals surface area (Å²) in [5.74, 6) is 0.177. The zero-order valence-electron chi connectivity index (χ0n) is 21.8. The topological polar surface area (TPSA) is 67.2 Å². The largest absolute Gasteiger partial charge is 0.327 e. The van der Waals surface area contributed by atoms with Crippen molar-refractivity contribution in [3.63, 3.8) is 0 Å². The molecule has 3 rings (SSSR count). The summed E-state index contributed by atoms with van der Waals surface area (Å²) in [6.07, 6.45) is 3.27. The van der Waals surface area contributed by atoms with Crippen LogP contribution in [-0.2, 0) is 16.6 Å². The molecule has 1 N–H and O–H groups in total. The first kappa shape index (κ1) is 26.2. The summed E-state index contributed by atoms with van der Waals surface area (Å²) in [5.41, 5.74) is 3.37. The molecule has 2 amide bonds. The molecule has 0 spiro atoms. The number of unbranched alkanes of at least 4 members (excludes halogenated alkanes) is 1. The number of nitrogens with zero attached hydrogens (tertiary/aromatic N) is 3. The molecule has 186 valence electrons. The zero-order valence-corrected chi connectivity index (χ0v) is 21.8. The first-order valence-electron chi connectivity index (χ1n) is 12.5.